The number of nitrogens with two attached hydrogens (primary N) is 1. The maximum atomic E-state index is 10.4. The van der Waals surface area contributed by atoms with E-state index >= 15 is 0 Å². The topological polar surface area (TPSA) is 110 Å². The second kappa shape index (κ2) is 5.43. The summed E-state index contributed by atoms with van der Waals surface area (Å²) in [7, 11) is 0. The van der Waals surface area contributed by atoms with Gasteiger partial charge in [0.2, 0.25) is 5.88 Å². The molecule has 0 amide bonds. The summed E-state index contributed by atoms with van der Waals surface area (Å²) >= 11 is 0. The molecule has 7 heteroatoms. The minimum atomic E-state index is -1.08. The number of hydrogen-bond acceptors (Lipinski definition) is 7. The van der Waals surface area contributed by atoms with Gasteiger partial charge in [-0.15, -0.1) is 0 Å². The predicted octanol–water partition coefficient (Wildman–Crippen LogP) is 2.23. The highest BCUT2D eigenvalue weighted by Gasteiger charge is 2.48. The second-order valence-electron chi connectivity index (χ2n) is 8.11. The van der Waals surface area contributed by atoms with Crippen molar-refractivity contribution in [3.63, 3.8) is 0 Å². The molecule has 3 heterocycles. The number of hydrogen-bond donors (Lipinski definition) is 3. The molecule has 27 heavy (non-hydrogen) atoms. The third kappa shape index (κ3) is 2.74. The zero-order valence-corrected chi connectivity index (χ0v) is 15.8. The number of pyridine rings is 1. The Bertz CT molecular complexity index is 891. The van der Waals surface area contributed by atoms with Gasteiger partial charge < -0.3 is 25.4 Å². The number of amidine groups is 1. The first-order valence-corrected chi connectivity index (χ1v) is 8.77. The van der Waals surface area contributed by atoms with Crippen molar-refractivity contribution in [2.24, 2.45) is 10.7 Å². The summed E-state index contributed by atoms with van der Waals surface area (Å²) in [4.78, 5) is 9.00. The van der Waals surface area contributed by atoms with Gasteiger partial charge in [0, 0.05) is 17.3 Å². The molecule has 2 aliphatic heterocycles. The predicted molar refractivity (Wildman–Crippen MR) is 99.6 cm³/mol. The molecular formula is C20H23N3O4. The van der Waals surface area contributed by atoms with E-state index in [1.54, 1.807) is 40.0 Å². The van der Waals surface area contributed by atoms with Gasteiger partial charge in [0.15, 0.2) is 5.54 Å². The Balaban J connectivity index is 1.98. The van der Waals surface area contributed by atoms with Crippen LogP contribution < -0.4 is 10.5 Å². The molecule has 1 atom stereocenters. The highest BCUT2D eigenvalue weighted by atomic mass is 16.5. The SMILES string of the molecule is CC(C)(O)c1ccc2c(c1)C1(COC(N)=N1)c1cc(C(C)(C)O)cnc1O2. The summed E-state index contributed by atoms with van der Waals surface area (Å²) in [6.07, 6.45) is 1.59. The average Bonchev–Trinajstić information content (AvgIpc) is 2.95. The van der Waals surface area contributed by atoms with Crippen LogP contribution in [-0.2, 0) is 21.5 Å². The van der Waals surface area contributed by atoms with E-state index in [-0.39, 0.29) is 12.6 Å². The maximum Gasteiger partial charge on any atom is 0.283 e. The summed E-state index contributed by atoms with van der Waals surface area (Å²) in [6.45, 7) is 7.01. The lowest BCUT2D eigenvalue weighted by molar-refractivity contribution is 0.0778. The van der Waals surface area contributed by atoms with E-state index in [9.17, 15) is 10.2 Å². The fourth-order valence-corrected chi connectivity index (χ4v) is 3.44. The molecule has 4 rings (SSSR count). The first kappa shape index (κ1) is 17.8. The van der Waals surface area contributed by atoms with E-state index in [0.29, 0.717) is 22.8 Å². The summed E-state index contributed by atoms with van der Waals surface area (Å²) < 4.78 is 11.5. The lowest BCUT2D eigenvalue weighted by atomic mass is 9.79. The number of benzene rings is 1. The van der Waals surface area contributed by atoms with Gasteiger partial charge in [-0.3, -0.25) is 0 Å². The Kier molecular flexibility index (Phi) is 3.57. The van der Waals surface area contributed by atoms with Crippen molar-refractivity contribution in [3.8, 4) is 11.6 Å². The minimum Gasteiger partial charge on any atom is -0.462 e. The molecular weight excluding hydrogens is 346 g/mol. The Hall–Kier alpha value is -2.64. The molecule has 142 valence electrons. The van der Waals surface area contributed by atoms with Crippen LogP contribution in [0.15, 0.2) is 35.5 Å². The molecule has 1 spiro atoms. The zero-order valence-electron chi connectivity index (χ0n) is 15.8. The summed E-state index contributed by atoms with van der Waals surface area (Å²) in [5.74, 6) is 0.981. The molecule has 0 fully saturated rings. The molecule has 1 aromatic heterocycles. The highest BCUT2D eigenvalue weighted by molar-refractivity contribution is 5.76. The quantitative estimate of drug-likeness (QED) is 0.749. The fraction of sp³-hybridized carbons (Fsp3) is 0.400. The van der Waals surface area contributed by atoms with Gasteiger partial charge in [0.05, 0.1) is 16.8 Å². The molecule has 7 nitrogen and oxygen atoms in total. The van der Waals surface area contributed by atoms with Crippen LogP contribution in [0.25, 0.3) is 0 Å². The van der Waals surface area contributed by atoms with Crippen LogP contribution in [0.4, 0.5) is 0 Å². The standard InChI is InChI=1S/C20H23N3O4/c1-18(2,24)11-5-6-15-13(7-11)20(10-26-17(21)23-20)14-8-12(19(3,4)25)9-22-16(14)27-15/h5-9,24-25H,10H2,1-4H3,(H2,21,23). The van der Waals surface area contributed by atoms with Crippen LogP contribution in [0.1, 0.15) is 49.9 Å². The summed E-state index contributed by atoms with van der Waals surface area (Å²) in [6, 6.07) is 7.37. The third-order valence-electron chi connectivity index (χ3n) is 5.07. The van der Waals surface area contributed by atoms with E-state index in [1.807, 2.05) is 18.2 Å². The third-order valence-corrected chi connectivity index (χ3v) is 5.07. The molecule has 0 radical (unpaired) electrons. The van der Waals surface area contributed by atoms with Crippen molar-refractivity contribution >= 4 is 6.02 Å². The molecule has 0 aliphatic carbocycles. The van der Waals surface area contributed by atoms with Gasteiger partial charge in [0.1, 0.15) is 12.4 Å². The van der Waals surface area contributed by atoms with Gasteiger partial charge in [0.25, 0.3) is 6.02 Å². The van der Waals surface area contributed by atoms with E-state index in [0.717, 1.165) is 11.1 Å². The Labute approximate surface area is 157 Å². The average molecular weight is 369 g/mol. The number of rotatable bonds is 2. The number of aromatic nitrogens is 1. The van der Waals surface area contributed by atoms with E-state index in [1.165, 1.54) is 0 Å². The first-order chi connectivity index (χ1) is 12.5. The normalized spacial score (nSPS) is 21.2. The number of aliphatic imine (C=N–C) groups is 1. The Morgan fingerprint density at radius 3 is 2.30 bits per heavy atom. The lowest BCUT2D eigenvalue weighted by Crippen LogP contribution is -2.33. The lowest BCUT2D eigenvalue weighted by Gasteiger charge is -2.34. The van der Waals surface area contributed by atoms with Gasteiger partial charge in [-0.1, -0.05) is 6.07 Å². The van der Waals surface area contributed by atoms with Crippen molar-refractivity contribution in [1.82, 2.24) is 4.98 Å². The van der Waals surface area contributed by atoms with Crippen LogP contribution in [0.3, 0.4) is 0 Å². The van der Waals surface area contributed by atoms with Crippen LogP contribution >= 0.6 is 0 Å². The summed E-state index contributed by atoms with van der Waals surface area (Å²) in [5.41, 5.74) is 5.59. The van der Waals surface area contributed by atoms with Crippen molar-refractivity contribution in [2.75, 3.05) is 6.61 Å². The fourth-order valence-electron chi connectivity index (χ4n) is 3.44. The van der Waals surface area contributed by atoms with Crippen molar-refractivity contribution in [3.05, 3.63) is 52.7 Å². The largest absolute Gasteiger partial charge is 0.462 e. The van der Waals surface area contributed by atoms with Gasteiger partial charge >= 0.3 is 0 Å². The van der Waals surface area contributed by atoms with Gasteiger partial charge in [-0.05, 0) is 51.5 Å². The zero-order chi connectivity index (χ0) is 19.6. The maximum absolute atomic E-state index is 10.4. The van der Waals surface area contributed by atoms with E-state index < -0.39 is 16.7 Å². The highest BCUT2D eigenvalue weighted by Crippen LogP contribution is 2.51. The molecule has 0 saturated carbocycles. The van der Waals surface area contributed by atoms with Gasteiger partial charge in [-0.25, -0.2) is 9.98 Å². The molecule has 1 unspecified atom stereocenters. The monoisotopic (exact) mass is 369 g/mol. The molecule has 4 N–H and O–H groups in total. The number of aliphatic hydroxyl groups is 2. The Morgan fingerprint density at radius 2 is 1.70 bits per heavy atom. The molecule has 2 aromatic rings. The molecule has 0 saturated heterocycles. The molecule has 0 bridgehead atoms. The second-order valence-corrected chi connectivity index (χ2v) is 8.11. The number of fused-ring (bicyclic) bond motifs is 4. The first-order valence-electron chi connectivity index (χ1n) is 8.77. The van der Waals surface area contributed by atoms with Crippen molar-refractivity contribution in [1.29, 1.82) is 0 Å². The Morgan fingerprint density at radius 1 is 1.04 bits per heavy atom. The number of ether oxygens (including phenoxy) is 2. The van der Waals surface area contributed by atoms with Crippen molar-refractivity contribution < 1.29 is 19.7 Å². The van der Waals surface area contributed by atoms with E-state index in [2.05, 4.69) is 9.98 Å². The van der Waals surface area contributed by atoms with Crippen molar-refractivity contribution in [2.45, 2.75) is 44.4 Å². The van der Waals surface area contributed by atoms with Crippen LogP contribution in [0.5, 0.6) is 11.6 Å². The summed E-state index contributed by atoms with van der Waals surface area (Å²) in [5, 5.41) is 20.9. The molecule has 1 aromatic carbocycles. The van der Waals surface area contributed by atoms with E-state index in [4.69, 9.17) is 15.2 Å². The van der Waals surface area contributed by atoms with Gasteiger partial charge in [-0.2, -0.15) is 0 Å². The van der Waals surface area contributed by atoms with Crippen LogP contribution in [0.2, 0.25) is 0 Å². The van der Waals surface area contributed by atoms with Crippen LogP contribution in [0, 0.1) is 0 Å². The minimum absolute atomic E-state index is 0.0797. The van der Waals surface area contributed by atoms with Crippen LogP contribution in [-0.4, -0.2) is 27.8 Å². The molecule has 2 aliphatic rings. The number of nitrogens with zero attached hydrogens (tertiary/aromatic N) is 2. The smallest absolute Gasteiger partial charge is 0.283 e.